The van der Waals surface area contributed by atoms with Gasteiger partial charge in [0.2, 0.25) is 0 Å². The molecular weight excluding hydrogens is 229 g/mol. The van der Waals surface area contributed by atoms with Gasteiger partial charge in [-0.1, -0.05) is 29.3 Å². The van der Waals surface area contributed by atoms with Crippen LogP contribution in [0.25, 0.3) is 10.8 Å². The lowest BCUT2D eigenvalue weighted by Gasteiger charge is -2.08. The van der Waals surface area contributed by atoms with E-state index in [1.807, 2.05) is 6.07 Å². The van der Waals surface area contributed by atoms with Crippen LogP contribution >= 0.6 is 23.2 Å². The maximum Gasteiger partial charge on any atom is 0.0520 e. The number of rotatable bonds is 0. The van der Waals surface area contributed by atoms with Gasteiger partial charge >= 0.3 is 0 Å². The minimum absolute atomic E-state index is 0.653. The number of nitrogens with two attached hydrogens (primary N) is 1. The average molecular weight is 238 g/mol. The molecule has 0 saturated heterocycles. The van der Waals surface area contributed by atoms with Crippen molar-refractivity contribution >= 4 is 39.7 Å². The van der Waals surface area contributed by atoms with Crippen molar-refractivity contribution in [3.8, 4) is 0 Å². The Kier molecular flexibility index (Phi) is 1.88. The van der Waals surface area contributed by atoms with E-state index in [1.165, 1.54) is 16.5 Å². The van der Waals surface area contributed by atoms with Gasteiger partial charge in [-0.25, -0.2) is 0 Å². The van der Waals surface area contributed by atoms with Gasteiger partial charge in [-0.3, -0.25) is 0 Å². The first-order valence-electron chi connectivity index (χ1n) is 4.86. The van der Waals surface area contributed by atoms with Crippen LogP contribution in [-0.4, -0.2) is 0 Å². The minimum atomic E-state index is 0.653. The Balaban J connectivity index is 2.60. The molecule has 0 spiro atoms. The molecule has 0 aromatic heterocycles. The van der Waals surface area contributed by atoms with Gasteiger partial charge in [-0.15, -0.1) is 0 Å². The molecule has 3 heteroatoms. The molecule has 1 aliphatic rings. The molecule has 0 radical (unpaired) electrons. The molecule has 0 heterocycles. The van der Waals surface area contributed by atoms with Crippen molar-refractivity contribution in [1.29, 1.82) is 0 Å². The van der Waals surface area contributed by atoms with Crippen molar-refractivity contribution in [3.63, 3.8) is 0 Å². The predicted octanol–water partition coefficient (Wildman–Crippen LogP) is 3.83. The second-order valence-electron chi connectivity index (χ2n) is 3.88. The number of benzene rings is 2. The highest BCUT2D eigenvalue weighted by atomic mass is 35.5. The third-order valence-electron chi connectivity index (χ3n) is 3.06. The zero-order valence-corrected chi connectivity index (χ0v) is 9.49. The van der Waals surface area contributed by atoms with Crippen molar-refractivity contribution in [2.24, 2.45) is 0 Å². The summed E-state index contributed by atoms with van der Waals surface area (Å²) >= 11 is 12.3. The first-order chi connectivity index (χ1) is 7.18. The molecule has 2 aromatic rings. The first kappa shape index (κ1) is 9.32. The normalized spacial score (nSPS) is 13.7. The highest BCUT2D eigenvalue weighted by Crippen LogP contribution is 2.41. The van der Waals surface area contributed by atoms with Gasteiger partial charge in [0.15, 0.2) is 0 Å². The topological polar surface area (TPSA) is 26.0 Å². The summed E-state index contributed by atoms with van der Waals surface area (Å²) in [5.41, 5.74) is 9.24. The zero-order valence-electron chi connectivity index (χ0n) is 7.98. The largest absolute Gasteiger partial charge is 0.398 e. The number of nitrogen functional groups attached to an aromatic ring is 1. The van der Waals surface area contributed by atoms with Crippen molar-refractivity contribution in [3.05, 3.63) is 39.4 Å². The highest BCUT2D eigenvalue weighted by Gasteiger charge is 2.20. The predicted molar refractivity (Wildman–Crippen MR) is 65.8 cm³/mol. The van der Waals surface area contributed by atoms with Gasteiger partial charge in [0.05, 0.1) is 5.02 Å². The van der Waals surface area contributed by atoms with Crippen LogP contribution in [0, 0.1) is 0 Å². The lowest BCUT2D eigenvalue weighted by atomic mass is 10.0. The molecule has 76 valence electrons. The summed E-state index contributed by atoms with van der Waals surface area (Å²) in [5, 5.41) is 3.49. The number of hydrogen-bond donors (Lipinski definition) is 1. The van der Waals surface area contributed by atoms with Crippen LogP contribution in [0.1, 0.15) is 11.1 Å². The molecule has 0 aliphatic heterocycles. The Labute approximate surface area is 97.8 Å². The van der Waals surface area contributed by atoms with E-state index in [1.54, 1.807) is 6.07 Å². The Morgan fingerprint density at radius 1 is 1.00 bits per heavy atom. The number of aryl methyl sites for hydroxylation is 2. The quantitative estimate of drug-likeness (QED) is 0.693. The van der Waals surface area contributed by atoms with E-state index in [0.29, 0.717) is 10.0 Å². The Bertz CT molecular complexity index is 576. The van der Waals surface area contributed by atoms with Gasteiger partial charge in [-0.2, -0.15) is 0 Å². The summed E-state index contributed by atoms with van der Waals surface area (Å²) in [6.45, 7) is 0. The van der Waals surface area contributed by atoms with Gasteiger partial charge in [-0.05, 0) is 41.5 Å². The molecule has 15 heavy (non-hydrogen) atoms. The van der Waals surface area contributed by atoms with Crippen LogP contribution in [0.2, 0.25) is 10.0 Å². The zero-order chi connectivity index (χ0) is 10.6. The molecule has 2 aromatic carbocycles. The molecule has 3 rings (SSSR count). The molecular formula is C12H9Cl2N. The van der Waals surface area contributed by atoms with Gasteiger partial charge < -0.3 is 5.73 Å². The van der Waals surface area contributed by atoms with Gasteiger partial charge in [0.25, 0.3) is 0 Å². The maximum absolute atomic E-state index is 6.17. The third-order valence-corrected chi connectivity index (χ3v) is 3.67. The van der Waals surface area contributed by atoms with Crippen LogP contribution in [0.5, 0.6) is 0 Å². The summed E-state index contributed by atoms with van der Waals surface area (Å²) in [4.78, 5) is 0. The summed E-state index contributed by atoms with van der Waals surface area (Å²) in [6.07, 6.45) is 2.03. The summed E-state index contributed by atoms with van der Waals surface area (Å²) in [5.74, 6) is 0. The molecule has 0 unspecified atom stereocenters. The Morgan fingerprint density at radius 2 is 1.80 bits per heavy atom. The summed E-state index contributed by atoms with van der Waals surface area (Å²) in [7, 11) is 0. The molecule has 1 nitrogen and oxygen atoms in total. The smallest absolute Gasteiger partial charge is 0.0520 e. The fourth-order valence-electron chi connectivity index (χ4n) is 2.38. The van der Waals surface area contributed by atoms with Crippen LogP contribution in [-0.2, 0) is 12.8 Å². The fraction of sp³-hybridized carbons (Fsp3) is 0.167. The van der Waals surface area contributed by atoms with Crippen LogP contribution in [0.4, 0.5) is 5.69 Å². The first-order valence-corrected chi connectivity index (χ1v) is 5.62. The lowest BCUT2D eigenvalue weighted by Crippen LogP contribution is -1.92. The Morgan fingerprint density at radius 3 is 2.60 bits per heavy atom. The van der Waals surface area contributed by atoms with E-state index in [4.69, 9.17) is 28.9 Å². The van der Waals surface area contributed by atoms with Crippen molar-refractivity contribution < 1.29 is 0 Å². The number of anilines is 1. The van der Waals surface area contributed by atoms with E-state index < -0.39 is 0 Å². The van der Waals surface area contributed by atoms with Crippen LogP contribution in [0.3, 0.4) is 0 Å². The monoisotopic (exact) mass is 237 g/mol. The highest BCUT2D eigenvalue weighted by molar-refractivity contribution is 6.43. The van der Waals surface area contributed by atoms with E-state index in [2.05, 4.69) is 6.07 Å². The summed E-state index contributed by atoms with van der Waals surface area (Å²) in [6, 6.07) is 5.79. The molecule has 0 saturated carbocycles. The van der Waals surface area contributed by atoms with Crippen LogP contribution in [0.15, 0.2) is 18.2 Å². The van der Waals surface area contributed by atoms with Crippen molar-refractivity contribution in [1.82, 2.24) is 0 Å². The number of hydrogen-bond acceptors (Lipinski definition) is 1. The average Bonchev–Trinajstić information content (AvgIpc) is 2.60. The SMILES string of the molecule is Nc1cc(Cl)c2c(Cl)ccc3c2c1CC3. The molecule has 0 bridgehead atoms. The van der Waals surface area contributed by atoms with Crippen molar-refractivity contribution in [2.45, 2.75) is 12.8 Å². The number of halogens is 2. The minimum Gasteiger partial charge on any atom is -0.398 e. The van der Waals surface area contributed by atoms with E-state index in [0.717, 1.165) is 23.9 Å². The van der Waals surface area contributed by atoms with E-state index in [9.17, 15) is 0 Å². The fourth-order valence-corrected chi connectivity index (χ4v) is 3.00. The second-order valence-corrected chi connectivity index (χ2v) is 4.70. The van der Waals surface area contributed by atoms with E-state index >= 15 is 0 Å². The third kappa shape index (κ3) is 1.17. The molecule has 0 amide bonds. The molecule has 0 atom stereocenters. The van der Waals surface area contributed by atoms with Crippen molar-refractivity contribution in [2.75, 3.05) is 5.73 Å². The standard InChI is InChI=1S/C12H9Cl2N/c13-8-4-2-6-1-3-7-10(15)5-9(14)12(8)11(6)7/h2,4-5H,1,3,15H2. The van der Waals surface area contributed by atoms with Gasteiger partial charge in [0.1, 0.15) is 0 Å². The van der Waals surface area contributed by atoms with Gasteiger partial charge in [0, 0.05) is 16.1 Å². The molecule has 1 aliphatic carbocycles. The van der Waals surface area contributed by atoms with Crippen LogP contribution < -0.4 is 5.73 Å². The molecule has 2 N–H and O–H groups in total. The summed E-state index contributed by atoms with van der Waals surface area (Å²) < 4.78 is 0. The Hall–Kier alpha value is -0.920. The second kappa shape index (κ2) is 3.03. The van der Waals surface area contributed by atoms with E-state index in [-0.39, 0.29) is 0 Å². The lowest BCUT2D eigenvalue weighted by molar-refractivity contribution is 1.03. The maximum atomic E-state index is 6.17. The molecule has 0 fully saturated rings.